The van der Waals surface area contributed by atoms with Crippen LogP contribution in [0, 0.1) is 10.1 Å². The Morgan fingerprint density at radius 3 is 1.89 bits per heavy atom. The summed E-state index contributed by atoms with van der Waals surface area (Å²) >= 11 is 0. The molecule has 0 aromatic rings. The molecule has 5 nitrogen and oxygen atoms in total. The molecule has 0 heterocycles. The molecule has 0 aliphatic rings. The van der Waals surface area contributed by atoms with Crippen molar-refractivity contribution in [1.29, 1.82) is 0 Å². The molecule has 6 heteroatoms. The number of hydrogen-bond donors (Lipinski definition) is 0. The summed E-state index contributed by atoms with van der Waals surface area (Å²) in [4.78, 5) is 24.4. The molecule has 0 N–H and O–H groups in total. The summed E-state index contributed by atoms with van der Waals surface area (Å²) < 4.78 is 0. The van der Waals surface area contributed by atoms with Gasteiger partial charge < -0.3 is 0 Å². The third kappa shape index (κ3) is 16.1. The molecule has 0 amide bonds. The first-order chi connectivity index (χ1) is 8.16. The Labute approximate surface area is 139 Å². The van der Waals surface area contributed by atoms with Crippen LogP contribution in [0.5, 0.6) is 0 Å². The minimum atomic E-state index is -1.05. The fraction of sp³-hybridized carbons (Fsp3) is 0.917. The average molecular weight is 287 g/mol. The van der Waals surface area contributed by atoms with Gasteiger partial charge in [0.25, 0.3) is 0 Å². The molecule has 0 saturated carbocycles. The van der Waals surface area contributed by atoms with Crippen molar-refractivity contribution in [2.75, 3.05) is 0 Å². The molecule has 0 aromatic carbocycles. The van der Waals surface area contributed by atoms with Gasteiger partial charge in [-0.2, -0.15) is 0 Å². The molecule has 0 aromatic heterocycles. The van der Waals surface area contributed by atoms with Crippen molar-refractivity contribution in [3.63, 3.8) is 0 Å². The van der Waals surface area contributed by atoms with E-state index >= 15 is 0 Å². The van der Waals surface area contributed by atoms with Gasteiger partial charge in [0.05, 0.1) is 0 Å². The van der Waals surface area contributed by atoms with Crippen molar-refractivity contribution in [3.8, 4) is 0 Å². The van der Waals surface area contributed by atoms with Crippen molar-refractivity contribution in [3.05, 3.63) is 10.1 Å². The van der Waals surface area contributed by atoms with E-state index in [4.69, 9.17) is 0 Å². The molecule has 0 unspecified atom stereocenters. The Balaban J connectivity index is 0. The van der Waals surface area contributed by atoms with Crippen LogP contribution < -0.4 is 0 Å². The van der Waals surface area contributed by atoms with Gasteiger partial charge >= 0.3 is 48.8 Å². The van der Waals surface area contributed by atoms with E-state index < -0.39 is 11.1 Å². The molecule has 0 aliphatic carbocycles. The number of carbonyl (C=O) groups excluding carboxylic acids is 1. The van der Waals surface area contributed by atoms with E-state index in [2.05, 4.69) is 11.8 Å². The van der Waals surface area contributed by atoms with Crippen LogP contribution in [-0.2, 0) is 9.63 Å². The van der Waals surface area contributed by atoms with Crippen LogP contribution in [0.25, 0.3) is 0 Å². The SMILES string of the molecule is CCCCCCCCCCCC(=O)O[N+](=O)[O-].[CaH2]. The Morgan fingerprint density at radius 1 is 1.00 bits per heavy atom. The van der Waals surface area contributed by atoms with Gasteiger partial charge in [-0.25, -0.2) is 4.84 Å². The quantitative estimate of drug-likeness (QED) is 0.253. The number of hydrogen-bond acceptors (Lipinski definition) is 4. The molecular weight excluding hydrogens is 262 g/mol. The van der Waals surface area contributed by atoms with E-state index in [1.54, 1.807) is 0 Å². The van der Waals surface area contributed by atoms with E-state index in [1.165, 1.54) is 38.5 Å². The predicted octanol–water partition coefficient (Wildman–Crippen LogP) is 2.73. The fourth-order valence-electron chi connectivity index (χ4n) is 1.71. The first kappa shape index (κ1) is 20.4. The van der Waals surface area contributed by atoms with Gasteiger partial charge in [-0.15, -0.1) is 10.1 Å². The van der Waals surface area contributed by atoms with Gasteiger partial charge in [0.2, 0.25) is 0 Å². The van der Waals surface area contributed by atoms with Crippen LogP contribution in [0.1, 0.15) is 71.1 Å². The van der Waals surface area contributed by atoms with Crippen LogP contribution in [0.4, 0.5) is 0 Å². The molecule has 104 valence electrons. The van der Waals surface area contributed by atoms with Crippen LogP contribution >= 0.6 is 0 Å². The second kappa shape index (κ2) is 15.2. The predicted molar refractivity (Wildman–Crippen MR) is 73.5 cm³/mol. The third-order valence-electron chi connectivity index (χ3n) is 2.66. The summed E-state index contributed by atoms with van der Waals surface area (Å²) in [6, 6.07) is 0. The molecule has 0 atom stereocenters. The fourth-order valence-corrected chi connectivity index (χ4v) is 1.71. The summed E-state index contributed by atoms with van der Waals surface area (Å²) in [6.45, 7) is 2.20. The number of unbranched alkanes of at least 4 members (excludes halogenated alkanes) is 8. The number of nitrogens with zero attached hydrogens (tertiary/aromatic N) is 1. The minimum absolute atomic E-state index is 0. The molecule has 0 spiro atoms. The summed E-state index contributed by atoms with van der Waals surface area (Å²) in [5.41, 5.74) is 0. The Hall–Kier alpha value is 0.130. The molecule has 0 rings (SSSR count). The maximum atomic E-state index is 10.8. The second-order valence-corrected chi connectivity index (χ2v) is 4.27. The molecule has 0 radical (unpaired) electrons. The van der Waals surface area contributed by atoms with Crippen molar-refractivity contribution in [1.82, 2.24) is 0 Å². The van der Waals surface area contributed by atoms with Crippen LogP contribution in [0.15, 0.2) is 0 Å². The first-order valence-corrected chi connectivity index (χ1v) is 6.52. The summed E-state index contributed by atoms with van der Waals surface area (Å²) in [7, 11) is 0. The average Bonchev–Trinajstić information content (AvgIpc) is 2.26. The van der Waals surface area contributed by atoms with E-state index in [-0.39, 0.29) is 44.2 Å². The van der Waals surface area contributed by atoms with E-state index in [0.717, 1.165) is 12.8 Å². The third-order valence-corrected chi connectivity index (χ3v) is 2.66. The van der Waals surface area contributed by atoms with Crippen LogP contribution in [0.2, 0.25) is 0 Å². The number of rotatable bonds is 11. The normalized spacial score (nSPS) is 9.61. The van der Waals surface area contributed by atoms with Gasteiger partial charge in [-0.05, 0) is 6.42 Å². The van der Waals surface area contributed by atoms with Gasteiger partial charge in [0, 0.05) is 6.42 Å². The first-order valence-electron chi connectivity index (χ1n) is 6.52. The van der Waals surface area contributed by atoms with Crippen molar-refractivity contribution >= 4 is 43.7 Å². The molecular formula is C12H25CaNO4. The zero-order valence-corrected chi connectivity index (χ0v) is 10.7. The van der Waals surface area contributed by atoms with Crippen molar-refractivity contribution < 1.29 is 14.7 Å². The van der Waals surface area contributed by atoms with Crippen molar-refractivity contribution in [2.45, 2.75) is 71.1 Å². The van der Waals surface area contributed by atoms with Gasteiger partial charge in [-0.1, -0.05) is 58.3 Å². The van der Waals surface area contributed by atoms with E-state index in [9.17, 15) is 14.9 Å². The second-order valence-electron chi connectivity index (χ2n) is 4.27. The number of carbonyl (C=O) groups is 1. The maximum absolute atomic E-state index is 10.8. The van der Waals surface area contributed by atoms with E-state index in [1.807, 2.05) is 0 Å². The molecule has 18 heavy (non-hydrogen) atoms. The Bertz CT molecular complexity index is 224. The van der Waals surface area contributed by atoms with Gasteiger partial charge in [-0.3, -0.25) is 4.79 Å². The zero-order valence-electron chi connectivity index (χ0n) is 10.7. The molecule has 0 bridgehead atoms. The van der Waals surface area contributed by atoms with Crippen LogP contribution in [0.3, 0.4) is 0 Å². The molecule has 0 aliphatic heterocycles. The Morgan fingerprint density at radius 2 is 1.44 bits per heavy atom. The standard InChI is InChI=1S/C12H23NO4.Ca.2H/c1-2-3-4-5-6-7-8-9-10-11-12(14)17-13(15)16;;;/h2-11H2,1H3;;;. The molecule has 0 fully saturated rings. The van der Waals surface area contributed by atoms with Gasteiger partial charge in [0.15, 0.2) is 0 Å². The van der Waals surface area contributed by atoms with Crippen LogP contribution in [-0.4, -0.2) is 48.8 Å². The molecule has 0 saturated heterocycles. The van der Waals surface area contributed by atoms with E-state index in [0.29, 0.717) is 6.42 Å². The topological polar surface area (TPSA) is 69.4 Å². The summed E-state index contributed by atoms with van der Waals surface area (Å²) in [5.74, 6) is -0.738. The zero-order chi connectivity index (χ0) is 12.9. The van der Waals surface area contributed by atoms with Crippen molar-refractivity contribution in [2.24, 2.45) is 0 Å². The summed E-state index contributed by atoms with van der Waals surface area (Å²) in [6.07, 6.45) is 10.5. The van der Waals surface area contributed by atoms with Gasteiger partial charge in [0.1, 0.15) is 0 Å². The monoisotopic (exact) mass is 287 g/mol. The summed E-state index contributed by atoms with van der Waals surface area (Å²) in [5, 5.41) is 8.79. The Kier molecular flexibility index (Phi) is 17.3.